The van der Waals surface area contributed by atoms with E-state index in [4.69, 9.17) is 11.6 Å². The second-order valence-corrected chi connectivity index (χ2v) is 6.44. The van der Waals surface area contributed by atoms with Crippen molar-refractivity contribution in [2.24, 2.45) is 0 Å². The zero-order valence-corrected chi connectivity index (χ0v) is 15.3. The monoisotopic (exact) mass is 390 g/mol. The van der Waals surface area contributed by atoms with Gasteiger partial charge in [0.05, 0.1) is 16.9 Å². The van der Waals surface area contributed by atoms with Gasteiger partial charge in [0.2, 0.25) is 5.88 Å². The summed E-state index contributed by atoms with van der Waals surface area (Å²) < 4.78 is 0. The van der Waals surface area contributed by atoms with Crippen molar-refractivity contribution in [1.29, 1.82) is 0 Å². The first-order chi connectivity index (χ1) is 13.6. The first-order valence-electron chi connectivity index (χ1n) is 8.47. The molecule has 0 fully saturated rings. The standard InChI is InChI=1S/C21H15ClN4O2/c22-17-9-8-14(25-21(28)15-7-4-10-23-20(15)27)11-16(17)19-24-12-18(26-19)13-5-2-1-3-6-13/h1-12H,(H,23,27)(H,24,26)(H,25,28). The molecule has 0 saturated carbocycles. The first-order valence-corrected chi connectivity index (χ1v) is 8.85. The van der Waals surface area contributed by atoms with Gasteiger partial charge < -0.3 is 15.4 Å². The number of carbonyl (C=O) groups excluding carboxylic acids is 1. The number of benzene rings is 2. The predicted octanol–water partition coefficient (Wildman–Crippen LogP) is 4.75. The molecule has 6 nitrogen and oxygen atoms in total. The number of aromatic nitrogens is 3. The minimum atomic E-state index is -0.469. The fraction of sp³-hybridized carbons (Fsp3) is 0. The van der Waals surface area contributed by atoms with Crippen LogP contribution in [0.5, 0.6) is 5.88 Å². The molecule has 0 radical (unpaired) electrons. The highest BCUT2D eigenvalue weighted by atomic mass is 35.5. The van der Waals surface area contributed by atoms with Crippen LogP contribution < -0.4 is 5.32 Å². The number of hydrogen-bond donors (Lipinski definition) is 3. The van der Waals surface area contributed by atoms with Crippen molar-refractivity contribution < 1.29 is 9.90 Å². The van der Waals surface area contributed by atoms with E-state index in [0.29, 0.717) is 22.1 Å². The van der Waals surface area contributed by atoms with E-state index in [9.17, 15) is 9.90 Å². The highest BCUT2D eigenvalue weighted by Gasteiger charge is 2.14. The van der Waals surface area contributed by atoms with Crippen molar-refractivity contribution in [3.05, 3.63) is 83.6 Å². The Kier molecular flexibility index (Phi) is 4.78. The zero-order chi connectivity index (χ0) is 19.5. The van der Waals surface area contributed by atoms with Gasteiger partial charge in [0, 0.05) is 17.4 Å². The molecule has 0 saturated heterocycles. The Labute approximate surface area is 165 Å². The molecule has 0 aliphatic carbocycles. The number of pyridine rings is 1. The summed E-state index contributed by atoms with van der Waals surface area (Å²) in [5.74, 6) is -0.208. The number of H-pyrrole nitrogens is 1. The van der Waals surface area contributed by atoms with Crippen LogP contribution in [0.15, 0.2) is 73.1 Å². The molecule has 1 amide bonds. The van der Waals surface area contributed by atoms with Gasteiger partial charge in [-0.1, -0.05) is 41.9 Å². The van der Waals surface area contributed by atoms with Crippen LogP contribution in [0, 0.1) is 0 Å². The number of nitrogens with one attached hydrogen (secondary N) is 2. The van der Waals surface area contributed by atoms with Crippen LogP contribution in [0.2, 0.25) is 5.02 Å². The number of nitrogens with zero attached hydrogens (tertiary/aromatic N) is 2. The van der Waals surface area contributed by atoms with E-state index in [-0.39, 0.29) is 11.4 Å². The minimum absolute atomic E-state index is 0.0864. The smallest absolute Gasteiger partial charge is 0.261 e. The van der Waals surface area contributed by atoms with Gasteiger partial charge in [-0.3, -0.25) is 4.79 Å². The van der Waals surface area contributed by atoms with E-state index in [1.54, 1.807) is 30.5 Å². The maximum absolute atomic E-state index is 12.4. The molecule has 0 atom stereocenters. The van der Waals surface area contributed by atoms with Gasteiger partial charge in [-0.2, -0.15) is 0 Å². The number of aromatic amines is 1. The van der Waals surface area contributed by atoms with E-state index in [1.165, 1.54) is 12.3 Å². The lowest BCUT2D eigenvalue weighted by Gasteiger charge is -2.09. The Balaban J connectivity index is 1.62. The van der Waals surface area contributed by atoms with E-state index < -0.39 is 5.91 Å². The average molecular weight is 391 g/mol. The van der Waals surface area contributed by atoms with Crippen molar-refractivity contribution in [1.82, 2.24) is 15.0 Å². The van der Waals surface area contributed by atoms with Gasteiger partial charge in [-0.25, -0.2) is 9.97 Å². The average Bonchev–Trinajstić information content (AvgIpc) is 3.20. The molecule has 0 spiro atoms. The van der Waals surface area contributed by atoms with Gasteiger partial charge in [0.15, 0.2) is 0 Å². The maximum atomic E-state index is 12.4. The molecule has 0 unspecified atom stereocenters. The topological polar surface area (TPSA) is 90.9 Å². The molecule has 7 heteroatoms. The number of amides is 1. The highest BCUT2D eigenvalue weighted by molar-refractivity contribution is 6.33. The van der Waals surface area contributed by atoms with E-state index >= 15 is 0 Å². The number of carbonyl (C=O) groups is 1. The lowest BCUT2D eigenvalue weighted by Crippen LogP contribution is -2.12. The molecule has 138 valence electrons. The van der Waals surface area contributed by atoms with Gasteiger partial charge in [-0.15, -0.1) is 0 Å². The Bertz CT molecular complexity index is 1140. The van der Waals surface area contributed by atoms with Crippen LogP contribution in [-0.2, 0) is 0 Å². The van der Waals surface area contributed by atoms with Gasteiger partial charge in [0.25, 0.3) is 5.91 Å². The number of anilines is 1. The third-order valence-electron chi connectivity index (χ3n) is 4.17. The van der Waals surface area contributed by atoms with Gasteiger partial charge in [0.1, 0.15) is 11.4 Å². The van der Waals surface area contributed by atoms with Crippen molar-refractivity contribution >= 4 is 23.2 Å². The molecular weight excluding hydrogens is 376 g/mol. The fourth-order valence-electron chi connectivity index (χ4n) is 2.78. The normalized spacial score (nSPS) is 10.6. The number of rotatable bonds is 4. The molecule has 0 aliphatic rings. The molecule has 0 bridgehead atoms. The molecule has 0 aliphatic heterocycles. The Morgan fingerprint density at radius 2 is 1.86 bits per heavy atom. The van der Waals surface area contributed by atoms with E-state index in [0.717, 1.165) is 11.3 Å². The number of halogens is 1. The van der Waals surface area contributed by atoms with E-state index in [2.05, 4.69) is 20.3 Å². The third-order valence-corrected chi connectivity index (χ3v) is 4.50. The fourth-order valence-corrected chi connectivity index (χ4v) is 2.99. The van der Waals surface area contributed by atoms with Crippen molar-refractivity contribution in [2.75, 3.05) is 5.32 Å². The lowest BCUT2D eigenvalue weighted by molar-refractivity contribution is 0.102. The SMILES string of the molecule is O=C(Nc1ccc(Cl)c(-c2ncc(-c3ccccc3)[nH]2)c1)c1cccnc1O. The first kappa shape index (κ1) is 17.8. The summed E-state index contributed by atoms with van der Waals surface area (Å²) in [6.07, 6.45) is 3.15. The molecule has 28 heavy (non-hydrogen) atoms. The zero-order valence-electron chi connectivity index (χ0n) is 14.6. The number of hydrogen-bond acceptors (Lipinski definition) is 4. The Hall–Kier alpha value is -3.64. The van der Waals surface area contributed by atoms with E-state index in [1.807, 2.05) is 30.3 Å². The minimum Gasteiger partial charge on any atom is -0.493 e. The lowest BCUT2D eigenvalue weighted by atomic mass is 10.1. The molecule has 2 aromatic carbocycles. The van der Waals surface area contributed by atoms with Gasteiger partial charge in [-0.05, 0) is 35.9 Å². The molecule has 2 heterocycles. The summed E-state index contributed by atoms with van der Waals surface area (Å²) in [5, 5.41) is 13.0. The van der Waals surface area contributed by atoms with Crippen LogP contribution in [0.3, 0.4) is 0 Å². The molecule has 3 N–H and O–H groups in total. The Morgan fingerprint density at radius 3 is 2.64 bits per heavy atom. The number of aromatic hydroxyl groups is 1. The summed E-state index contributed by atoms with van der Waals surface area (Å²) in [7, 11) is 0. The summed E-state index contributed by atoms with van der Waals surface area (Å²) in [6.45, 7) is 0. The quantitative estimate of drug-likeness (QED) is 0.469. The molecule has 2 aromatic heterocycles. The van der Waals surface area contributed by atoms with Crippen molar-refractivity contribution in [2.45, 2.75) is 0 Å². The molecule has 4 rings (SSSR count). The molecule has 4 aromatic rings. The van der Waals surface area contributed by atoms with Crippen LogP contribution in [-0.4, -0.2) is 26.0 Å². The Morgan fingerprint density at radius 1 is 1.04 bits per heavy atom. The van der Waals surface area contributed by atoms with Crippen molar-refractivity contribution in [3.8, 4) is 28.5 Å². The second kappa shape index (κ2) is 7.54. The van der Waals surface area contributed by atoms with Crippen molar-refractivity contribution in [3.63, 3.8) is 0 Å². The summed E-state index contributed by atoms with van der Waals surface area (Å²) in [5.41, 5.74) is 3.13. The summed E-state index contributed by atoms with van der Waals surface area (Å²) in [4.78, 5) is 23.8. The predicted molar refractivity (Wildman–Crippen MR) is 108 cm³/mol. The maximum Gasteiger partial charge on any atom is 0.261 e. The number of imidazole rings is 1. The molecular formula is C21H15ClN4O2. The van der Waals surface area contributed by atoms with Crippen LogP contribution >= 0.6 is 11.6 Å². The summed E-state index contributed by atoms with van der Waals surface area (Å²) >= 11 is 6.34. The van der Waals surface area contributed by atoms with Gasteiger partial charge >= 0.3 is 0 Å². The second-order valence-electron chi connectivity index (χ2n) is 6.03. The van der Waals surface area contributed by atoms with Crippen LogP contribution in [0.25, 0.3) is 22.6 Å². The van der Waals surface area contributed by atoms with Crippen LogP contribution in [0.4, 0.5) is 5.69 Å². The summed E-state index contributed by atoms with van der Waals surface area (Å²) in [6, 6.07) is 18.0. The largest absolute Gasteiger partial charge is 0.493 e. The highest BCUT2D eigenvalue weighted by Crippen LogP contribution is 2.30. The van der Waals surface area contributed by atoms with Crippen LogP contribution in [0.1, 0.15) is 10.4 Å². The third kappa shape index (κ3) is 3.58.